The van der Waals surface area contributed by atoms with Crippen LogP contribution >= 0.6 is 11.3 Å². The Labute approximate surface area is 151 Å². The third kappa shape index (κ3) is 3.67. The summed E-state index contributed by atoms with van der Waals surface area (Å²) in [6.45, 7) is 7.43. The van der Waals surface area contributed by atoms with E-state index in [0.29, 0.717) is 25.9 Å². The molecule has 7 heteroatoms. The number of piperidine rings is 1. The molecule has 1 aliphatic heterocycles. The number of benzene rings is 1. The highest BCUT2D eigenvalue weighted by Crippen LogP contribution is 2.32. The van der Waals surface area contributed by atoms with Gasteiger partial charge >= 0.3 is 0 Å². The van der Waals surface area contributed by atoms with Crippen LogP contribution in [0.15, 0.2) is 36.2 Å². The molecule has 0 radical (unpaired) electrons. The van der Waals surface area contributed by atoms with Crippen molar-refractivity contribution in [3.05, 3.63) is 46.9 Å². The van der Waals surface area contributed by atoms with Gasteiger partial charge in [-0.25, -0.2) is 4.98 Å². The topological polar surface area (TPSA) is 97.3 Å². The molecule has 0 spiro atoms. The minimum Gasteiger partial charge on any atom is -0.370 e. The van der Waals surface area contributed by atoms with Crippen molar-refractivity contribution in [3.8, 4) is 0 Å². The number of carbonyl (C=O) groups is 1. The van der Waals surface area contributed by atoms with Crippen molar-refractivity contribution in [3.63, 3.8) is 0 Å². The van der Waals surface area contributed by atoms with Gasteiger partial charge in [-0.3, -0.25) is 4.79 Å². The molecule has 2 aromatic rings. The van der Waals surface area contributed by atoms with Gasteiger partial charge in [-0.2, -0.15) is 0 Å². The van der Waals surface area contributed by atoms with Gasteiger partial charge in [0.1, 0.15) is 0 Å². The number of primary amides is 1. The van der Waals surface area contributed by atoms with Crippen LogP contribution in [0.5, 0.6) is 0 Å². The highest BCUT2D eigenvalue weighted by molar-refractivity contribution is 7.09. The van der Waals surface area contributed by atoms with Gasteiger partial charge in [0, 0.05) is 18.5 Å². The quantitative estimate of drug-likeness (QED) is 0.763. The van der Waals surface area contributed by atoms with Crippen molar-refractivity contribution in [2.75, 3.05) is 23.3 Å². The summed E-state index contributed by atoms with van der Waals surface area (Å²) >= 11 is 1.60. The molecule has 0 atom stereocenters. The molecular formula is C18H23N5OS. The van der Waals surface area contributed by atoms with Crippen LogP contribution < -0.4 is 21.7 Å². The van der Waals surface area contributed by atoms with E-state index in [1.807, 2.05) is 30.5 Å². The number of para-hydroxylation sites is 2. The van der Waals surface area contributed by atoms with Gasteiger partial charge in [-0.15, -0.1) is 11.3 Å². The van der Waals surface area contributed by atoms with Crippen LogP contribution in [0.2, 0.25) is 0 Å². The number of aromatic nitrogens is 1. The Morgan fingerprint density at radius 2 is 2.04 bits per heavy atom. The number of nitrogens with two attached hydrogens (primary N) is 2. The second kappa shape index (κ2) is 6.85. The second-order valence-corrected chi connectivity index (χ2v) is 7.44. The summed E-state index contributed by atoms with van der Waals surface area (Å²) < 4.78 is 0. The lowest BCUT2D eigenvalue weighted by Crippen LogP contribution is -2.58. The molecule has 2 heterocycles. The fraction of sp³-hybridized carbons (Fsp3) is 0.333. The highest BCUT2D eigenvalue weighted by atomic mass is 32.1. The molecule has 1 fully saturated rings. The number of carbonyl (C=O) groups excluding carboxylic acids is 1. The average molecular weight is 357 g/mol. The molecule has 5 N–H and O–H groups in total. The largest absolute Gasteiger partial charge is 0.370 e. The Morgan fingerprint density at radius 3 is 2.64 bits per heavy atom. The van der Waals surface area contributed by atoms with Crippen molar-refractivity contribution >= 4 is 34.3 Å². The number of nitrogens with zero attached hydrogens (tertiary/aromatic N) is 2. The number of anilines is 2. The summed E-state index contributed by atoms with van der Waals surface area (Å²) in [7, 11) is 0. The number of rotatable bonds is 5. The standard InChI is InChI=1S/C18H23N5OS/c1-12(15-11-25-13(2)22-15)21-14-5-3-4-6-16(14)23-9-7-18(20,8-10-23)17(19)24/h3-6,11,21H,1,7-10,20H2,2H3,(H2,19,24). The first-order valence-electron chi connectivity index (χ1n) is 8.20. The maximum absolute atomic E-state index is 11.5. The number of aryl methyl sites for hydroxylation is 1. The zero-order chi connectivity index (χ0) is 18.0. The summed E-state index contributed by atoms with van der Waals surface area (Å²) in [5.41, 5.74) is 14.3. The predicted molar refractivity (Wildman–Crippen MR) is 104 cm³/mol. The number of hydrogen-bond donors (Lipinski definition) is 3. The SMILES string of the molecule is C=C(Nc1ccccc1N1CCC(N)(C(N)=O)CC1)c1csc(C)n1. The Kier molecular flexibility index (Phi) is 4.78. The molecule has 0 saturated carbocycles. The highest BCUT2D eigenvalue weighted by Gasteiger charge is 2.36. The second-order valence-electron chi connectivity index (χ2n) is 6.38. The molecule has 132 valence electrons. The maximum atomic E-state index is 11.5. The maximum Gasteiger partial charge on any atom is 0.237 e. The molecule has 1 aromatic carbocycles. The van der Waals surface area contributed by atoms with E-state index in [1.54, 1.807) is 11.3 Å². The van der Waals surface area contributed by atoms with Crippen LogP contribution in [0.25, 0.3) is 5.70 Å². The summed E-state index contributed by atoms with van der Waals surface area (Å²) in [5.74, 6) is -0.425. The minimum absolute atomic E-state index is 0.425. The van der Waals surface area contributed by atoms with Crippen molar-refractivity contribution in [1.82, 2.24) is 4.98 Å². The fourth-order valence-corrected chi connectivity index (χ4v) is 3.60. The predicted octanol–water partition coefficient (Wildman–Crippen LogP) is 2.32. The Bertz CT molecular complexity index is 792. The smallest absolute Gasteiger partial charge is 0.237 e. The molecule has 0 bridgehead atoms. The van der Waals surface area contributed by atoms with E-state index in [4.69, 9.17) is 11.5 Å². The molecule has 1 aromatic heterocycles. The lowest BCUT2D eigenvalue weighted by molar-refractivity contribution is -0.123. The summed E-state index contributed by atoms with van der Waals surface area (Å²) in [6.07, 6.45) is 1.09. The number of thiazole rings is 1. The lowest BCUT2D eigenvalue weighted by Gasteiger charge is -2.39. The summed E-state index contributed by atoms with van der Waals surface area (Å²) in [5, 5.41) is 6.36. The lowest BCUT2D eigenvalue weighted by atomic mass is 9.87. The normalized spacial score (nSPS) is 16.5. The molecule has 0 unspecified atom stereocenters. The van der Waals surface area contributed by atoms with Crippen LogP contribution in [-0.4, -0.2) is 29.5 Å². The van der Waals surface area contributed by atoms with Crippen LogP contribution in [0.3, 0.4) is 0 Å². The van der Waals surface area contributed by atoms with Crippen LogP contribution in [0.1, 0.15) is 23.5 Å². The Morgan fingerprint density at radius 1 is 1.36 bits per heavy atom. The van der Waals surface area contributed by atoms with Gasteiger partial charge in [-0.1, -0.05) is 18.7 Å². The average Bonchev–Trinajstić information content (AvgIpc) is 3.03. The first kappa shape index (κ1) is 17.4. The number of nitrogens with one attached hydrogen (secondary N) is 1. The third-order valence-corrected chi connectivity index (χ3v) is 5.38. The number of hydrogen-bond acceptors (Lipinski definition) is 6. The van der Waals surface area contributed by atoms with Crippen molar-refractivity contribution in [2.45, 2.75) is 25.3 Å². The molecule has 1 aliphatic rings. The molecule has 1 amide bonds. The van der Waals surface area contributed by atoms with Crippen molar-refractivity contribution < 1.29 is 4.79 Å². The van der Waals surface area contributed by atoms with Crippen LogP contribution in [0.4, 0.5) is 11.4 Å². The molecule has 6 nitrogen and oxygen atoms in total. The van der Waals surface area contributed by atoms with Gasteiger partial charge in [-0.05, 0) is 31.9 Å². The van der Waals surface area contributed by atoms with Crippen LogP contribution in [-0.2, 0) is 4.79 Å². The Hall–Kier alpha value is -2.38. The first-order valence-corrected chi connectivity index (χ1v) is 9.08. The molecule has 1 saturated heterocycles. The molecule has 25 heavy (non-hydrogen) atoms. The zero-order valence-corrected chi connectivity index (χ0v) is 15.1. The van der Waals surface area contributed by atoms with Crippen molar-refractivity contribution in [1.29, 1.82) is 0 Å². The molecule has 0 aliphatic carbocycles. The van der Waals surface area contributed by atoms with E-state index in [9.17, 15) is 4.79 Å². The van der Waals surface area contributed by atoms with Crippen LogP contribution in [0, 0.1) is 6.92 Å². The van der Waals surface area contributed by atoms with E-state index in [0.717, 1.165) is 27.8 Å². The number of amides is 1. The minimum atomic E-state index is -0.902. The van der Waals surface area contributed by atoms with Gasteiger partial charge in [0.2, 0.25) is 5.91 Å². The Balaban J connectivity index is 1.76. The summed E-state index contributed by atoms with van der Waals surface area (Å²) in [4.78, 5) is 18.2. The van der Waals surface area contributed by atoms with E-state index >= 15 is 0 Å². The van der Waals surface area contributed by atoms with E-state index in [2.05, 4.69) is 27.8 Å². The van der Waals surface area contributed by atoms with Gasteiger partial charge in [0.25, 0.3) is 0 Å². The van der Waals surface area contributed by atoms with E-state index < -0.39 is 11.4 Å². The molecular weight excluding hydrogens is 334 g/mol. The van der Waals surface area contributed by atoms with Gasteiger partial charge in [0.05, 0.1) is 33.3 Å². The first-order chi connectivity index (χ1) is 11.9. The monoisotopic (exact) mass is 357 g/mol. The van der Waals surface area contributed by atoms with Gasteiger partial charge < -0.3 is 21.7 Å². The van der Waals surface area contributed by atoms with Gasteiger partial charge in [0.15, 0.2) is 0 Å². The zero-order valence-electron chi connectivity index (χ0n) is 14.3. The third-order valence-electron chi connectivity index (χ3n) is 4.60. The van der Waals surface area contributed by atoms with E-state index in [1.165, 1.54) is 0 Å². The summed E-state index contributed by atoms with van der Waals surface area (Å²) in [6, 6.07) is 8.04. The molecule has 3 rings (SSSR count). The van der Waals surface area contributed by atoms with Crippen molar-refractivity contribution in [2.24, 2.45) is 11.5 Å². The van der Waals surface area contributed by atoms with E-state index in [-0.39, 0.29) is 0 Å². The fourth-order valence-electron chi connectivity index (χ4n) is 2.98.